The second-order valence-corrected chi connectivity index (χ2v) is 2.54. The third-order valence-electron chi connectivity index (χ3n) is 1.44. The van der Waals surface area contributed by atoms with Crippen LogP contribution in [-0.4, -0.2) is 15.7 Å². The lowest BCUT2D eigenvalue weighted by molar-refractivity contribution is 0.0943. The molecule has 12 heavy (non-hydrogen) atoms. The van der Waals surface area contributed by atoms with Gasteiger partial charge >= 0.3 is 0 Å². The number of hydrogen-bond donors (Lipinski definition) is 2. The number of nitrogen functional groups attached to an aromatic ring is 1. The molecule has 0 aromatic carbocycles. The molecule has 1 rings (SSSR count). The van der Waals surface area contributed by atoms with Crippen molar-refractivity contribution in [3.63, 3.8) is 0 Å². The van der Waals surface area contributed by atoms with Gasteiger partial charge in [-0.25, -0.2) is 5.84 Å². The van der Waals surface area contributed by atoms with Gasteiger partial charge in [-0.3, -0.25) is 14.9 Å². The van der Waals surface area contributed by atoms with E-state index in [1.807, 2.05) is 12.3 Å². The molecular weight excluding hydrogens is 180 g/mol. The summed E-state index contributed by atoms with van der Waals surface area (Å²) in [4.78, 5) is 11.1. The second kappa shape index (κ2) is 3.55. The van der Waals surface area contributed by atoms with E-state index in [4.69, 9.17) is 17.4 Å². The van der Waals surface area contributed by atoms with Gasteiger partial charge in [0.25, 0.3) is 5.91 Å². The summed E-state index contributed by atoms with van der Waals surface area (Å²) in [6.07, 6.45) is 1.41. The molecule has 0 aliphatic rings. The van der Waals surface area contributed by atoms with E-state index in [9.17, 15) is 4.79 Å². The third kappa shape index (κ3) is 1.41. The number of nitrogens with zero attached hydrogens (tertiary/aromatic N) is 2. The van der Waals surface area contributed by atoms with Gasteiger partial charge in [0.1, 0.15) is 5.69 Å². The minimum atomic E-state index is -0.431. The van der Waals surface area contributed by atoms with Gasteiger partial charge in [-0.05, 0) is 6.92 Å². The van der Waals surface area contributed by atoms with E-state index >= 15 is 0 Å². The predicted molar refractivity (Wildman–Crippen MR) is 44.6 cm³/mol. The molecule has 0 radical (unpaired) electrons. The highest BCUT2D eigenvalue weighted by Gasteiger charge is 2.14. The molecule has 0 fully saturated rings. The highest BCUT2D eigenvalue weighted by molar-refractivity contribution is 6.33. The summed E-state index contributed by atoms with van der Waals surface area (Å²) in [5, 5.41) is 4.18. The van der Waals surface area contributed by atoms with Gasteiger partial charge in [0, 0.05) is 6.54 Å². The molecule has 0 atom stereocenters. The van der Waals surface area contributed by atoms with Crippen molar-refractivity contribution < 1.29 is 4.79 Å². The molecule has 0 spiro atoms. The molecule has 1 amide bonds. The van der Waals surface area contributed by atoms with Crippen molar-refractivity contribution in [3.8, 4) is 0 Å². The molecule has 0 unspecified atom stereocenters. The van der Waals surface area contributed by atoms with Gasteiger partial charge in [-0.15, -0.1) is 0 Å². The number of hydrogen-bond acceptors (Lipinski definition) is 3. The van der Waals surface area contributed by atoms with E-state index in [0.717, 1.165) is 0 Å². The zero-order chi connectivity index (χ0) is 9.14. The van der Waals surface area contributed by atoms with Crippen LogP contribution in [0.5, 0.6) is 0 Å². The molecule has 0 saturated carbocycles. The van der Waals surface area contributed by atoms with Crippen LogP contribution >= 0.6 is 11.6 Å². The summed E-state index contributed by atoms with van der Waals surface area (Å²) in [7, 11) is 0. The van der Waals surface area contributed by atoms with Crippen LogP contribution in [0.1, 0.15) is 17.4 Å². The van der Waals surface area contributed by atoms with Crippen molar-refractivity contribution >= 4 is 17.5 Å². The molecule has 0 saturated heterocycles. The molecule has 5 nitrogen and oxygen atoms in total. The normalized spacial score (nSPS) is 9.92. The number of aromatic nitrogens is 2. The van der Waals surface area contributed by atoms with Crippen molar-refractivity contribution in [2.75, 3.05) is 0 Å². The molecule has 0 aliphatic carbocycles. The number of carbonyl (C=O) groups is 1. The number of nitrogens with two attached hydrogens (primary N) is 1. The maximum atomic E-state index is 11.1. The van der Waals surface area contributed by atoms with Crippen LogP contribution in [0.2, 0.25) is 5.02 Å². The van der Waals surface area contributed by atoms with E-state index in [0.29, 0.717) is 17.3 Å². The van der Waals surface area contributed by atoms with E-state index in [-0.39, 0.29) is 0 Å². The smallest absolute Gasteiger partial charge is 0.284 e. The molecule has 6 heteroatoms. The third-order valence-corrected chi connectivity index (χ3v) is 1.72. The minimum absolute atomic E-state index is 0.293. The predicted octanol–water partition coefficient (Wildman–Crippen LogP) is 0.160. The van der Waals surface area contributed by atoms with Crippen LogP contribution in [0.25, 0.3) is 0 Å². The Balaban J connectivity index is 3.10. The first kappa shape index (κ1) is 9.02. The van der Waals surface area contributed by atoms with Crippen molar-refractivity contribution in [3.05, 3.63) is 16.9 Å². The van der Waals surface area contributed by atoms with E-state index in [1.165, 1.54) is 10.9 Å². The fourth-order valence-corrected chi connectivity index (χ4v) is 1.12. The quantitative estimate of drug-likeness (QED) is 0.395. The average Bonchev–Trinajstić information content (AvgIpc) is 2.45. The average molecular weight is 189 g/mol. The Morgan fingerprint density at radius 2 is 2.58 bits per heavy atom. The van der Waals surface area contributed by atoms with Gasteiger partial charge in [0.15, 0.2) is 0 Å². The Morgan fingerprint density at radius 3 is 3.08 bits per heavy atom. The number of aryl methyl sites for hydroxylation is 1. The molecule has 1 heterocycles. The molecule has 1 aromatic rings. The zero-order valence-electron chi connectivity index (χ0n) is 6.54. The molecule has 1 aromatic heterocycles. The van der Waals surface area contributed by atoms with Crippen LogP contribution in [0.4, 0.5) is 0 Å². The SMILES string of the molecule is CCn1ncc(Cl)c1C(=O)NN. The molecule has 3 N–H and O–H groups in total. The van der Waals surface area contributed by atoms with Crippen molar-refractivity contribution in [1.29, 1.82) is 0 Å². The summed E-state index contributed by atoms with van der Waals surface area (Å²) < 4.78 is 1.48. The summed E-state index contributed by atoms with van der Waals surface area (Å²) >= 11 is 5.70. The van der Waals surface area contributed by atoms with Gasteiger partial charge < -0.3 is 0 Å². The van der Waals surface area contributed by atoms with E-state index in [2.05, 4.69) is 5.10 Å². The number of hydrazine groups is 1. The number of halogens is 1. The van der Waals surface area contributed by atoms with Crippen LogP contribution in [0.3, 0.4) is 0 Å². The fourth-order valence-electron chi connectivity index (χ4n) is 0.896. The van der Waals surface area contributed by atoms with Crippen molar-refractivity contribution in [2.24, 2.45) is 5.84 Å². The topological polar surface area (TPSA) is 72.9 Å². The lowest BCUT2D eigenvalue weighted by Crippen LogP contribution is -2.32. The van der Waals surface area contributed by atoms with Crippen LogP contribution in [-0.2, 0) is 6.54 Å². The summed E-state index contributed by atoms with van der Waals surface area (Å²) in [5.74, 6) is 4.53. The molecule has 0 aliphatic heterocycles. The monoisotopic (exact) mass is 188 g/mol. The lowest BCUT2D eigenvalue weighted by Gasteiger charge is -2.02. The summed E-state index contributed by atoms with van der Waals surface area (Å²) in [6.45, 7) is 2.44. The van der Waals surface area contributed by atoms with Gasteiger partial charge in [0.05, 0.1) is 11.2 Å². The number of rotatable bonds is 2. The number of amides is 1. The van der Waals surface area contributed by atoms with Crippen molar-refractivity contribution in [2.45, 2.75) is 13.5 Å². The summed E-state index contributed by atoms with van der Waals surface area (Å²) in [5.41, 5.74) is 2.29. The Kier molecular flexibility index (Phi) is 2.67. The standard InChI is InChI=1S/C6H9ClN4O/c1-2-11-5(6(12)10-8)4(7)3-9-11/h3H,2,8H2,1H3,(H,10,12). The van der Waals surface area contributed by atoms with Crippen LogP contribution < -0.4 is 11.3 Å². The number of nitrogens with one attached hydrogen (secondary N) is 1. The second-order valence-electron chi connectivity index (χ2n) is 2.13. The Hall–Kier alpha value is -1.07. The van der Waals surface area contributed by atoms with Gasteiger partial charge in [0.2, 0.25) is 0 Å². The Bertz CT molecular complexity index is 296. The highest BCUT2D eigenvalue weighted by Crippen LogP contribution is 2.14. The van der Waals surface area contributed by atoms with E-state index in [1.54, 1.807) is 0 Å². The first-order valence-corrected chi connectivity index (χ1v) is 3.80. The fraction of sp³-hybridized carbons (Fsp3) is 0.333. The maximum absolute atomic E-state index is 11.1. The van der Waals surface area contributed by atoms with Gasteiger partial charge in [-0.2, -0.15) is 5.10 Å². The number of carbonyl (C=O) groups excluding carboxylic acids is 1. The molecule has 66 valence electrons. The first-order valence-electron chi connectivity index (χ1n) is 3.43. The maximum Gasteiger partial charge on any atom is 0.284 e. The van der Waals surface area contributed by atoms with E-state index < -0.39 is 5.91 Å². The largest absolute Gasteiger partial charge is 0.289 e. The Morgan fingerprint density at radius 1 is 1.92 bits per heavy atom. The minimum Gasteiger partial charge on any atom is -0.289 e. The highest BCUT2D eigenvalue weighted by atomic mass is 35.5. The van der Waals surface area contributed by atoms with Gasteiger partial charge in [-0.1, -0.05) is 11.6 Å². The first-order chi connectivity index (χ1) is 5.70. The van der Waals surface area contributed by atoms with Crippen molar-refractivity contribution in [1.82, 2.24) is 15.2 Å². The van der Waals surface area contributed by atoms with Crippen LogP contribution in [0, 0.1) is 0 Å². The summed E-state index contributed by atoms with van der Waals surface area (Å²) in [6, 6.07) is 0. The Labute approximate surface area is 74.5 Å². The lowest BCUT2D eigenvalue weighted by atomic mass is 10.4. The van der Waals surface area contributed by atoms with Crippen LogP contribution in [0.15, 0.2) is 6.20 Å². The molecule has 0 bridgehead atoms. The zero-order valence-corrected chi connectivity index (χ0v) is 7.30. The molecular formula is C6H9ClN4O.